The summed E-state index contributed by atoms with van der Waals surface area (Å²) >= 11 is 12.6. The summed E-state index contributed by atoms with van der Waals surface area (Å²) in [6.07, 6.45) is -1.84. The molecule has 0 atom stereocenters. The highest BCUT2D eigenvalue weighted by molar-refractivity contribution is 6.32. The molecule has 0 saturated carbocycles. The Morgan fingerprint density at radius 1 is 1.16 bits per heavy atom. The molecule has 1 heterocycles. The van der Waals surface area contributed by atoms with E-state index in [9.17, 15) is 18.0 Å². The first-order valence-electron chi connectivity index (χ1n) is 9.12. The van der Waals surface area contributed by atoms with Crippen LogP contribution in [-0.2, 0) is 28.9 Å². The molecule has 0 aliphatic heterocycles. The Labute approximate surface area is 186 Å². The van der Waals surface area contributed by atoms with E-state index in [0.717, 1.165) is 23.8 Å². The lowest BCUT2D eigenvalue weighted by molar-refractivity contribution is -0.138. The summed E-state index contributed by atoms with van der Waals surface area (Å²) in [6.45, 7) is 1.81. The van der Waals surface area contributed by atoms with Crippen molar-refractivity contribution in [1.82, 2.24) is 9.78 Å². The number of nitrogens with zero attached hydrogens (tertiary/aromatic N) is 2. The molecule has 0 aliphatic carbocycles. The third kappa shape index (κ3) is 5.89. The first kappa shape index (κ1) is 22.9. The number of carbonyl (C=O) groups is 1. The molecule has 0 N–H and O–H groups in total. The van der Waals surface area contributed by atoms with E-state index < -0.39 is 17.7 Å². The molecule has 0 bridgehead atoms. The van der Waals surface area contributed by atoms with Crippen LogP contribution >= 0.6 is 23.2 Å². The zero-order chi connectivity index (χ0) is 22.6. The van der Waals surface area contributed by atoms with Gasteiger partial charge < -0.3 is 4.74 Å². The van der Waals surface area contributed by atoms with Gasteiger partial charge in [0.25, 0.3) is 0 Å². The molecule has 0 radical (unpaired) electrons. The van der Waals surface area contributed by atoms with E-state index in [4.69, 9.17) is 27.9 Å². The molecule has 162 valence electrons. The van der Waals surface area contributed by atoms with Crippen LogP contribution in [-0.4, -0.2) is 15.7 Å². The van der Waals surface area contributed by atoms with Crippen molar-refractivity contribution in [3.8, 4) is 0 Å². The van der Waals surface area contributed by atoms with Gasteiger partial charge in [-0.1, -0.05) is 53.5 Å². The number of benzene rings is 2. The molecule has 2 aromatic carbocycles. The Hall–Kier alpha value is -2.77. The number of rotatable bonds is 6. The predicted molar refractivity (Wildman–Crippen MR) is 113 cm³/mol. The van der Waals surface area contributed by atoms with Gasteiger partial charge in [-0.25, -0.2) is 9.48 Å². The molecule has 0 saturated heterocycles. The standard InChI is InChI=1S/C22H17Cl2F3N2O2/c1-14-18(21(24)29(28-14)12-16-6-2-3-8-19(16)23)9-10-20(30)31-13-15-5-4-7-17(11-15)22(25,26)27/h2-11H,12-13H2,1H3. The summed E-state index contributed by atoms with van der Waals surface area (Å²) in [4.78, 5) is 12.0. The van der Waals surface area contributed by atoms with Crippen molar-refractivity contribution in [2.24, 2.45) is 0 Å². The number of halogens is 5. The first-order valence-corrected chi connectivity index (χ1v) is 9.88. The minimum atomic E-state index is -4.46. The number of ether oxygens (including phenoxy) is 1. The Kier molecular flexibility index (Phi) is 7.08. The van der Waals surface area contributed by atoms with Crippen molar-refractivity contribution in [3.63, 3.8) is 0 Å². The maximum atomic E-state index is 12.8. The smallest absolute Gasteiger partial charge is 0.416 e. The van der Waals surface area contributed by atoms with Gasteiger partial charge in [0.05, 0.1) is 17.8 Å². The van der Waals surface area contributed by atoms with Gasteiger partial charge in [-0.05, 0) is 42.3 Å². The van der Waals surface area contributed by atoms with Crippen LogP contribution < -0.4 is 0 Å². The second kappa shape index (κ2) is 9.58. The van der Waals surface area contributed by atoms with Crippen LogP contribution in [0.25, 0.3) is 6.08 Å². The van der Waals surface area contributed by atoms with Gasteiger partial charge in [-0.15, -0.1) is 0 Å². The SMILES string of the molecule is Cc1nn(Cc2ccccc2Cl)c(Cl)c1C=CC(=O)OCc1cccc(C(F)(F)F)c1. The highest BCUT2D eigenvalue weighted by atomic mass is 35.5. The van der Waals surface area contributed by atoms with Gasteiger partial charge in [-0.3, -0.25) is 0 Å². The summed E-state index contributed by atoms with van der Waals surface area (Å²) in [5.41, 5.74) is 1.40. The molecule has 0 unspecified atom stereocenters. The summed E-state index contributed by atoms with van der Waals surface area (Å²) < 4.78 is 44.9. The molecule has 0 amide bonds. The fraction of sp³-hybridized carbons (Fsp3) is 0.182. The second-order valence-electron chi connectivity index (χ2n) is 6.68. The van der Waals surface area contributed by atoms with Gasteiger partial charge in [0.1, 0.15) is 11.8 Å². The maximum Gasteiger partial charge on any atom is 0.416 e. The molecular weight excluding hydrogens is 452 g/mol. The highest BCUT2D eigenvalue weighted by Crippen LogP contribution is 2.29. The number of hydrogen-bond donors (Lipinski definition) is 0. The van der Waals surface area contributed by atoms with Crippen molar-refractivity contribution in [1.29, 1.82) is 0 Å². The van der Waals surface area contributed by atoms with Crippen molar-refractivity contribution in [2.45, 2.75) is 26.3 Å². The van der Waals surface area contributed by atoms with E-state index in [1.54, 1.807) is 17.7 Å². The number of carbonyl (C=O) groups excluding carboxylic acids is 1. The third-order valence-corrected chi connectivity index (χ3v) is 5.18. The van der Waals surface area contributed by atoms with Crippen LogP contribution in [0.5, 0.6) is 0 Å². The van der Waals surface area contributed by atoms with Crippen LogP contribution in [0.1, 0.15) is 27.9 Å². The number of esters is 1. The number of aryl methyl sites for hydroxylation is 1. The molecule has 3 rings (SSSR count). The number of aromatic nitrogens is 2. The monoisotopic (exact) mass is 468 g/mol. The van der Waals surface area contributed by atoms with Gasteiger partial charge in [0, 0.05) is 16.7 Å². The van der Waals surface area contributed by atoms with Crippen LogP contribution in [0, 0.1) is 6.92 Å². The largest absolute Gasteiger partial charge is 0.458 e. The average Bonchev–Trinajstić information content (AvgIpc) is 2.99. The zero-order valence-electron chi connectivity index (χ0n) is 16.3. The molecule has 4 nitrogen and oxygen atoms in total. The quantitative estimate of drug-likeness (QED) is 0.314. The molecular formula is C22H17Cl2F3N2O2. The van der Waals surface area contributed by atoms with Crippen LogP contribution in [0.3, 0.4) is 0 Å². The first-order chi connectivity index (χ1) is 14.6. The van der Waals surface area contributed by atoms with E-state index in [-0.39, 0.29) is 12.2 Å². The van der Waals surface area contributed by atoms with E-state index in [1.165, 1.54) is 18.2 Å². The third-order valence-electron chi connectivity index (χ3n) is 4.41. The van der Waals surface area contributed by atoms with Gasteiger partial charge in [-0.2, -0.15) is 18.3 Å². The molecule has 3 aromatic rings. The van der Waals surface area contributed by atoms with Crippen molar-refractivity contribution < 1.29 is 22.7 Å². The minimum absolute atomic E-state index is 0.235. The average molecular weight is 469 g/mol. The van der Waals surface area contributed by atoms with E-state index in [0.29, 0.717) is 28.0 Å². The minimum Gasteiger partial charge on any atom is -0.458 e. The molecule has 1 aromatic heterocycles. The molecule has 0 aliphatic rings. The van der Waals surface area contributed by atoms with Crippen molar-refractivity contribution in [3.05, 3.63) is 92.7 Å². The lowest BCUT2D eigenvalue weighted by Gasteiger charge is -2.08. The lowest BCUT2D eigenvalue weighted by Crippen LogP contribution is -2.06. The maximum absolute atomic E-state index is 12.8. The van der Waals surface area contributed by atoms with Gasteiger partial charge in [0.2, 0.25) is 0 Å². The zero-order valence-corrected chi connectivity index (χ0v) is 17.8. The lowest BCUT2D eigenvalue weighted by atomic mass is 10.1. The van der Waals surface area contributed by atoms with Gasteiger partial charge >= 0.3 is 12.1 Å². The Bertz CT molecular complexity index is 1120. The molecule has 0 fully saturated rings. The van der Waals surface area contributed by atoms with E-state index >= 15 is 0 Å². The Morgan fingerprint density at radius 2 is 1.90 bits per heavy atom. The van der Waals surface area contributed by atoms with E-state index in [2.05, 4.69) is 5.10 Å². The molecule has 31 heavy (non-hydrogen) atoms. The van der Waals surface area contributed by atoms with Crippen molar-refractivity contribution in [2.75, 3.05) is 0 Å². The summed E-state index contributed by atoms with van der Waals surface area (Å²) in [5, 5.41) is 5.27. The number of hydrogen-bond acceptors (Lipinski definition) is 3. The Balaban J connectivity index is 1.66. The Morgan fingerprint density at radius 3 is 2.61 bits per heavy atom. The summed E-state index contributed by atoms with van der Waals surface area (Å²) in [6, 6.07) is 11.9. The fourth-order valence-corrected chi connectivity index (χ4v) is 3.33. The highest BCUT2D eigenvalue weighted by Gasteiger charge is 2.30. The van der Waals surface area contributed by atoms with Crippen LogP contribution in [0.4, 0.5) is 13.2 Å². The summed E-state index contributed by atoms with van der Waals surface area (Å²) in [7, 11) is 0. The number of alkyl halides is 3. The van der Waals surface area contributed by atoms with Crippen LogP contribution in [0.15, 0.2) is 54.6 Å². The molecule has 0 spiro atoms. The summed E-state index contributed by atoms with van der Waals surface area (Å²) in [5.74, 6) is -0.716. The van der Waals surface area contributed by atoms with Gasteiger partial charge in [0.15, 0.2) is 0 Å². The second-order valence-corrected chi connectivity index (χ2v) is 7.44. The normalized spacial score (nSPS) is 11.8. The topological polar surface area (TPSA) is 44.1 Å². The van der Waals surface area contributed by atoms with Crippen molar-refractivity contribution >= 4 is 35.2 Å². The van der Waals surface area contributed by atoms with Crippen LogP contribution in [0.2, 0.25) is 10.2 Å². The predicted octanol–water partition coefficient (Wildman–Crippen LogP) is 6.32. The van der Waals surface area contributed by atoms with E-state index in [1.807, 2.05) is 18.2 Å². The molecule has 9 heteroatoms. The fourth-order valence-electron chi connectivity index (χ4n) is 2.84.